The molecule has 5 rings (SSSR count). The van der Waals surface area contributed by atoms with Crippen LogP contribution in [0.15, 0.2) is 60.7 Å². The number of amides is 1. The van der Waals surface area contributed by atoms with Gasteiger partial charge in [-0.2, -0.15) is 0 Å². The molecule has 0 aromatic heterocycles. The van der Waals surface area contributed by atoms with Gasteiger partial charge < -0.3 is 10.6 Å². The summed E-state index contributed by atoms with van der Waals surface area (Å²) >= 11 is 0. The standard InChI is InChI=1S/C16H21N.C13H17NO/c1-2-6-13-12(5-1)11-15-14-7-3-4-8-16(13,14)9-10-17-15;1-11(2)10-14-13(15)9-8-12-6-4-3-5-7-12/h1-2,5-6,14-15,17H,3-4,7-11H2;3-9,11H,10H2,1-2H3,(H,14,15)/t14-,15+,16-;/m0./s1. The molecule has 1 amide bonds. The molecule has 32 heavy (non-hydrogen) atoms. The molecule has 1 saturated carbocycles. The molecule has 170 valence electrons. The Morgan fingerprint density at radius 2 is 1.88 bits per heavy atom. The quantitative estimate of drug-likeness (QED) is 0.629. The summed E-state index contributed by atoms with van der Waals surface area (Å²) in [5, 5.41) is 6.61. The Kier molecular flexibility index (Phi) is 7.47. The SMILES string of the molecule is CC(C)CNC(=O)C=Cc1ccccc1.c1ccc2c(c1)C[C@H]1NCC[C@@]23CCCC[C@@H]13. The largest absolute Gasteiger partial charge is 0.352 e. The molecule has 0 radical (unpaired) electrons. The van der Waals surface area contributed by atoms with Gasteiger partial charge in [0.05, 0.1) is 0 Å². The Hall–Kier alpha value is -2.39. The normalized spacial score (nSPS) is 26.0. The summed E-state index contributed by atoms with van der Waals surface area (Å²) in [5.74, 6) is 1.37. The van der Waals surface area contributed by atoms with Crippen molar-refractivity contribution in [2.24, 2.45) is 11.8 Å². The monoisotopic (exact) mass is 430 g/mol. The Morgan fingerprint density at radius 1 is 1.09 bits per heavy atom. The van der Waals surface area contributed by atoms with Gasteiger partial charge in [-0.15, -0.1) is 0 Å². The van der Waals surface area contributed by atoms with Gasteiger partial charge in [0.15, 0.2) is 0 Å². The summed E-state index contributed by atoms with van der Waals surface area (Å²) in [6.45, 7) is 6.09. The summed E-state index contributed by atoms with van der Waals surface area (Å²) in [7, 11) is 0. The minimum atomic E-state index is -0.0347. The maximum absolute atomic E-state index is 11.3. The molecule has 2 bridgehead atoms. The molecular formula is C29H38N2O. The summed E-state index contributed by atoms with van der Waals surface area (Å²) < 4.78 is 0. The van der Waals surface area contributed by atoms with Gasteiger partial charge in [0.25, 0.3) is 0 Å². The molecule has 1 aliphatic heterocycles. The predicted octanol–water partition coefficient (Wildman–Crippen LogP) is 5.50. The van der Waals surface area contributed by atoms with Crippen molar-refractivity contribution in [1.29, 1.82) is 0 Å². The fraction of sp³-hybridized carbons (Fsp3) is 0.483. The Labute approximate surface area is 193 Å². The first kappa shape index (κ1) is 22.8. The molecule has 2 aromatic carbocycles. The van der Waals surface area contributed by atoms with Crippen molar-refractivity contribution in [3.8, 4) is 0 Å². The lowest BCUT2D eigenvalue weighted by Crippen LogP contribution is -2.59. The van der Waals surface area contributed by atoms with Crippen molar-refractivity contribution in [2.75, 3.05) is 13.1 Å². The number of benzene rings is 2. The summed E-state index contributed by atoms with van der Waals surface area (Å²) in [6, 6.07) is 19.8. The second-order valence-electron chi connectivity index (χ2n) is 10.1. The zero-order valence-electron chi connectivity index (χ0n) is 19.6. The van der Waals surface area contributed by atoms with E-state index in [0.717, 1.165) is 24.1 Å². The lowest BCUT2D eigenvalue weighted by molar-refractivity contribution is -0.116. The molecule has 1 saturated heterocycles. The van der Waals surface area contributed by atoms with E-state index in [4.69, 9.17) is 0 Å². The third-order valence-electron chi connectivity index (χ3n) is 7.47. The lowest BCUT2D eigenvalue weighted by Gasteiger charge is -2.56. The Bertz CT molecular complexity index is 916. The molecular weight excluding hydrogens is 392 g/mol. The maximum atomic E-state index is 11.3. The number of fused-ring (bicyclic) bond motifs is 1. The maximum Gasteiger partial charge on any atom is 0.244 e. The highest BCUT2D eigenvalue weighted by Crippen LogP contribution is 2.53. The van der Waals surface area contributed by atoms with E-state index in [-0.39, 0.29) is 5.91 Å². The molecule has 2 aliphatic carbocycles. The number of carbonyl (C=O) groups is 1. The van der Waals surface area contributed by atoms with Crippen LogP contribution in [-0.4, -0.2) is 25.0 Å². The average molecular weight is 431 g/mol. The van der Waals surface area contributed by atoms with Gasteiger partial charge in [0.1, 0.15) is 0 Å². The second-order valence-corrected chi connectivity index (χ2v) is 10.1. The molecule has 2 aromatic rings. The molecule has 3 nitrogen and oxygen atoms in total. The molecule has 3 aliphatic rings. The number of carbonyl (C=O) groups excluding carboxylic acids is 1. The van der Waals surface area contributed by atoms with Crippen LogP contribution in [-0.2, 0) is 16.6 Å². The van der Waals surface area contributed by atoms with Crippen LogP contribution in [0, 0.1) is 11.8 Å². The van der Waals surface area contributed by atoms with Crippen molar-refractivity contribution in [3.05, 3.63) is 77.4 Å². The van der Waals surface area contributed by atoms with E-state index < -0.39 is 0 Å². The fourth-order valence-electron chi connectivity index (χ4n) is 5.99. The zero-order valence-corrected chi connectivity index (χ0v) is 19.6. The third-order valence-corrected chi connectivity index (χ3v) is 7.47. The van der Waals surface area contributed by atoms with Gasteiger partial charge >= 0.3 is 0 Å². The van der Waals surface area contributed by atoms with Crippen molar-refractivity contribution in [1.82, 2.24) is 10.6 Å². The number of hydrogen-bond acceptors (Lipinski definition) is 2. The van der Waals surface area contributed by atoms with Gasteiger partial charge in [-0.3, -0.25) is 4.79 Å². The van der Waals surface area contributed by atoms with Crippen molar-refractivity contribution < 1.29 is 4.79 Å². The van der Waals surface area contributed by atoms with E-state index in [1.54, 1.807) is 17.2 Å². The highest BCUT2D eigenvalue weighted by molar-refractivity contribution is 5.91. The fourth-order valence-corrected chi connectivity index (χ4v) is 5.99. The van der Waals surface area contributed by atoms with Gasteiger partial charge in [0.2, 0.25) is 5.91 Å². The van der Waals surface area contributed by atoms with E-state index in [2.05, 4.69) is 48.7 Å². The molecule has 0 spiro atoms. The first-order chi connectivity index (χ1) is 15.6. The molecule has 1 heterocycles. The Morgan fingerprint density at radius 3 is 2.69 bits per heavy atom. The van der Waals surface area contributed by atoms with Crippen LogP contribution in [0.2, 0.25) is 0 Å². The molecule has 3 atom stereocenters. The van der Waals surface area contributed by atoms with E-state index in [1.165, 1.54) is 45.1 Å². The lowest BCUT2D eigenvalue weighted by atomic mass is 9.53. The minimum Gasteiger partial charge on any atom is -0.352 e. The topological polar surface area (TPSA) is 41.1 Å². The second kappa shape index (κ2) is 10.5. The summed E-state index contributed by atoms with van der Waals surface area (Å²) in [6.07, 6.45) is 11.8. The number of rotatable bonds is 4. The van der Waals surface area contributed by atoms with Crippen molar-refractivity contribution >= 4 is 12.0 Å². The van der Waals surface area contributed by atoms with E-state index in [9.17, 15) is 4.79 Å². The van der Waals surface area contributed by atoms with Crippen LogP contribution in [0.25, 0.3) is 6.08 Å². The predicted molar refractivity (Wildman–Crippen MR) is 134 cm³/mol. The van der Waals surface area contributed by atoms with E-state index in [0.29, 0.717) is 11.3 Å². The van der Waals surface area contributed by atoms with E-state index >= 15 is 0 Å². The molecule has 0 unspecified atom stereocenters. The Balaban J connectivity index is 0.000000155. The van der Waals surface area contributed by atoms with Crippen LogP contribution in [0.3, 0.4) is 0 Å². The summed E-state index contributed by atoms with van der Waals surface area (Å²) in [5.41, 5.74) is 4.92. The van der Waals surface area contributed by atoms with Crippen molar-refractivity contribution in [3.63, 3.8) is 0 Å². The van der Waals surface area contributed by atoms with Crippen LogP contribution in [0.4, 0.5) is 0 Å². The van der Waals surface area contributed by atoms with Crippen LogP contribution >= 0.6 is 0 Å². The average Bonchev–Trinajstić information content (AvgIpc) is 2.82. The highest BCUT2D eigenvalue weighted by atomic mass is 16.1. The first-order valence-corrected chi connectivity index (χ1v) is 12.4. The van der Waals surface area contributed by atoms with Gasteiger partial charge in [-0.05, 0) is 66.8 Å². The number of nitrogens with one attached hydrogen (secondary N) is 2. The van der Waals surface area contributed by atoms with Crippen LogP contribution in [0.5, 0.6) is 0 Å². The third kappa shape index (κ3) is 5.15. The highest BCUT2D eigenvalue weighted by Gasteiger charge is 2.51. The number of piperidine rings is 1. The number of hydrogen-bond donors (Lipinski definition) is 2. The van der Waals surface area contributed by atoms with E-state index in [1.807, 2.05) is 36.4 Å². The van der Waals surface area contributed by atoms with Gasteiger partial charge in [-0.25, -0.2) is 0 Å². The van der Waals surface area contributed by atoms with Gasteiger partial charge in [0, 0.05) is 24.1 Å². The molecule has 3 heteroatoms. The first-order valence-electron chi connectivity index (χ1n) is 12.4. The molecule has 2 fully saturated rings. The zero-order chi connectivity index (χ0) is 22.4. The van der Waals surface area contributed by atoms with Crippen LogP contribution < -0.4 is 10.6 Å². The molecule has 2 N–H and O–H groups in total. The minimum absolute atomic E-state index is 0.0347. The van der Waals surface area contributed by atoms with Crippen molar-refractivity contribution in [2.45, 2.75) is 63.8 Å². The van der Waals surface area contributed by atoms with Gasteiger partial charge in [-0.1, -0.05) is 81.3 Å². The summed E-state index contributed by atoms with van der Waals surface area (Å²) in [4.78, 5) is 11.3. The van der Waals surface area contributed by atoms with Crippen LogP contribution in [0.1, 0.15) is 62.6 Å². The smallest absolute Gasteiger partial charge is 0.244 e.